The Kier molecular flexibility index (Phi) is 5.38. The molecule has 1 N–H and O–H groups in total. The summed E-state index contributed by atoms with van der Waals surface area (Å²) >= 11 is 3.44. The average Bonchev–Trinajstić information content (AvgIpc) is 3.12. The van der Waals surface area contributed by atoms with Gasteiger partial charge in [-0.1, -0.05) is 45.4 Å². The fraction of sp³-hybridized carbons (Fsp3) is 0.263. The standard InChI is InChI=1S/C19H19BrN2O3/c1-12(13-5-4-8-16(10-13)24-2)21-19(23)18-11-17(22-25-18)14-6-3-7-15(20)9-14/h3-10,12,18H,11H2,1-2H3,(H,21,23). The Morgan fingerprint density at radius 1 is 1.32 bits per heavy atom. The number of amides is 1. The summed E-state index contributed by atoms with van der Waals surface area (Å²) in [5.74, 6) is 0.583. The predicted octanol–water partition coefficient (Wildman–Crippen LogP) is 3.83. The molecule has 1 heterocycles. The first-order chi connectivity index (χ1) is 12.1. The van der Waals surface area contributed by atoms with Crippen molar-refractivity contribution < 1.29 is 14.4 Å². The molecule has 0 radical (unpaired) electrons. The van der Waals surface area contributed by atoms with Crippen LogP contribution in [0.3, 0.4) is 0 Å². The minimum absolute atomic E-state index is 0.152. The quantitative estimate of drug-likeness (QED) is 0.826. The van der Waals surface area contributed by atoms with E-state index in [1.165, 1.54) is 0 Å². The van der Waals surface area contributed by atoms with E-state index in [1.54, 1.807) is 7.11 Å². The topological polar surface area (TPSA) is 59.9 Å². The van der Waals surface area contributed by atoms with Crippen molar-refractivity contribution in [2.24, 2.45) is 5.16 Å². The molecule has 1 aliphatic heterocycles. The van der Waals surface area contributed by atoms with Gasteiger partial charge in [-0.05, 0) is 36.8 Å². The molecule has 0 saturated carbocycles. The first-order valence-electron chi connectivity index (χ1n) is 8.00. The number of methoxy groups -OCH3 is 1. The van der Waals surface area contributed by atoms with Crippen molar-refractivity contribution >= 4 is 27.5 Å². The molecule has 0 aliphatic carbocycles. The molecule has 0 bridgehead atoms. The van der Waals surface area contributed by atoms with Crippen LogP contribution in [0.1, 0.15) is 30.5 Å². The highest BCUT2D eigenvalue weighted by Crippen LogP contribution is 2.22. The second-order valence-corrected chi connectivity index (χ2v) is 6.77. The Balaban J connectivity index is 1.61. The van der Waals surface area contributed by atoms with Crippen LogP contribution in [-0.2, 0) is 9.63 Å². The number of halogens is 1. The largest absolute Gasteiger partial charge is 0.497 e. The third kappa shape index (κ3) is 4.20. The van der Waals surface area contributed by atoms with E-state index in [4.69, 9.17) is 9.57 Å². The van der Waals surface area contributed by atoms with Crippen LogP contribution in [-0.4, -0.2) is 24.8 Å². The van der Waals surface area contributed by atoms with Crippen LogP contribution in [0.5, 0.6) is 5.75 Å². The molecule has 2 aromatic carbocycles. The zero-order valence-corrected chi connectivity index (χ0v) is 15.6. The minimum Gasteiger partial charge on any atom is -0.497 e. The van der Waals surface area contributed by atoms with Gasteiger partial charge in [0, 0.05) is 16.5 Å². The maximum absolute atomic E-state index is 12.5. The molecular weight excluding hydrogens is 384 g/mol. The Labute approximate surface area is 155 Å². The van der Waals surface area contributed by atoms with Gasteiger partial charge in [-0.15, -0.1) is 0 Å². The van der Waals surface area contributed by atoms with Crippen molar-refractivity contribution in [3.05, 3.63) is 64.1 Å². The summed E-state index contributed by atoms with van der Waals surface area (Å²) in [5.41, 5.74) is 2.69. The lowest BCUT2D eigenvalue weighted by molar-refractivity contribution is -0.131. The molecule has 0 aromatic heterocycles. The number of hydrogen-bond acceptors (Lipinski definition) is 4. The molecule has 0 spiro atoms. The highest BCUT2D eigenvalue weighted by Gasteiger charge is 2.29. The van der Waals surface area contributed by atoms with E-state index in [2.05, 4.69) is 26.4 Å². The van der Waals surface area contributed by atoms with E-state index in [1.807, 2.05) is 55.5 Å². The molecule has 2 aromatic rings. The Bertz CT molecular complexity index is 807. The third-order valence-corrected chi connectivity index (χ3v) is 4.56. The van der Waals surface area contributed by atoms with Gasteiger partial charge in [0.15, 0.2) is 0 Å². The number of rotatable bonds is 5. The number of nitrogens with one attached hydrogen (secondary N) is 1. The summed E-state index contributed by atoms with van der Waals surface area (Å²) in [5, 5.41) is 7.04. The fourth-order valence-electron chi connectivity index (χ4n) is 2.66. The molecule has 25 heavy (non-hydrogen) atoms. The van der Waals surface area contributed by atoms with Gasteiger partial charge in [-0.3, -0.25) is 4.79 Å². The number of carbonyl (C=O) groups excluding carboxylic acids is 1. The summed E-state index contributed by atoms with van der Waals surface area (Å²) in [6.45, 7) is 1.93. The van der Waals surface area contributed by atoms with E-state index < -0.39 is 6.10 Å². The Morgan fingerprint density at radius 3 is 2.88 bits per heavy atom. The molecular formula is C19H19BrN2O3. The molecule has 0 fully saturated rings. The van der Waals surface area contributed by atoms with Gasteiger partial charge >= 0.3 is 0 Å². The average molecular weight is 403 g/mol. The molecule has 5 nitrogen and oxygen atoms in total. The summed E-state index contributed by atoms with van der Waals surface area (Å²) in [7, 11) is 1.62. The summed E-state index contributed by atoms with van der Waals surface area (Å²) in [4.78, 5) is 17.8. The van der Waals surface area contributed by atoms with E-state index in [0.29, 0.717) is 6.42 Å². The maximum Gasteiger partial charge on any atom is 0.264 e. The molecule has 2 atom stereocenters. The van der Waals surface area contributed by atoms with Gasteiger partial charge < -0.3 is 14.9 Å². The maximum atomic E-state index is 12.5. The normalized spacial score (nSPS) is 17.4. The van der Waals surface area contributed by atoms with Gasteiger partial charge in [0.25, 0.3) is 5.91 Å². The lowest BCUT2D eigenvalue weighted by atomic mass is 10.0. The number of nitrogens with zero attached hydrogens (tertiary/aromatic N) is 1. The van der Waals surface area contributed by atoms with Crippen LogP contribution in [0.4, 0.5) is 0 Å². The van der Waals surface area contributed by atoms with Gasteiger partial charge in [0.1, 0.15) is 5.75 Å². The number of hydrogen-bond donors (Lipinski definition) is 1. The zero-order chi connectivity index (χ0) is 17.8. The fourth-order valence-corrected chi connectivity index (χ4v) is 3.06. The van der Waals surface area contributed by atoms with Gasteiger partial charge in [-0.2, -0.15) is 0 Å². The van der Waals surface area contributed by atoms with Crippen molar-refractivity contribution in [3.8, 4) is 5.75 Å². The highest BCUT2D eigenvalue weighted by atomic mass is 79.9. The molecule has 0 saturated heterocycles. The molecule has 1 amide bonds. The summed E-state index contributed by atoms with van der Waals surface area (Å²) < 4.78 is 6.19. The lowest BCUT2D eigenvalue weighted by Gasteiger charge is -2.17. The van der Waals surface area contributed by atoms with E-state index >= 15 is 0 Å². The van der Waals surface area contributed by atoms with E-state index in [0.717, 1.165) is 27.1 Å². The lowest BCUT2D eigenvalue weighted by Crippen LogP contribution is -2.36. The van der Waals surface area contributed by atoms with Gasteiger partial charge in [0.05, 0.1) is 18.9 Å². The SMILES string of the molecule is COc1cccc(C(C)NC(=O)C2CC(c3cccc(Br)c3)=NO2)c1. The highest BCUT2D eigenvalue weighted by molar-refractivity contribution is 9.10. The van der Waals surface area contributed by atoms with Crippen LogP contribution in [0.2, 0.25) is 0 Å². The molecule has 130 valence electrons. The van der Waals surface area contributed by atoms with Gasteiger partial charge in [-0.25, -0.2) is 0 Å². The second-order valence-electron chi connectivity index (χ2n) is 5.85. The third-order valence-electron chi connectivity index (χ3n) is 4.07. The Hall–Kier alpha value is -2.34. The van der Waals surface area contributed by atoms with E-state index in [-0.39, 0.29) is 11.9 Å². The Morgan fingerprint density at radius 2 is 2.12 bits per heavy atom. The first-order valence-corrected chi connectivity index (χ1v) is 8.79. The van der Waals surface area contributed by atoms with Crippen LogP contribution >= 0.6 is 15.9 Å². The number of carbonyl (C=O) groups is 1. The molecule has 1 aliphatic rings. The number of benzene rings is 2. The molecule has 3 rings (SSSR count). The van der Waals surface area contributed by atoms with E-state index in [9.17, 15) is 4.79 Å². The van der Waals surface area contributed by atoms with Crippen LogP contribution < -0.4 is 10.1 Å². The second kappa shape index (κ2) is 7.70. The smallest absolute Gasteiger partial charge is 0.264 e. The van der Waals surface area contributed by atoms with Crippen LogP contribution in [0, 0.1) is 0 Å². The van der Waals surface area contributed by atoms with Crippen LogP contribution in [0.25, 0.3) is 0 Å². The van der Waals surface area contributed by atoms with Crippen molar-refractivity contribution in [2.75, 3.05) is 7.11 Å². The summed E-state index contributed by atoms with van der Waals surface area (Å²) in [6, 6.07) is 15.3. The number of ether oxygens (including phenoxy) is 1. The first kappa shape index (κ1) is 17.5. The summed E-state index contributed by atoms with van der Waals surface area (Å²) in [6.07, 6.45) is -0.158. The van der Waals surface area contributed by atoms with Crippen molar-refractivity contribution in [1.29, 1.82) is 0 Å². The van der Waals surface area contributed by atoms with Crippen LogP contribution in [0.15, 0.2) is 58.2 Å². The zero-order valence-electron chi connectivity index (χ0n) is 14.0. The van der Waals surface area contributed by atoms with Crippen molar-refractivity contribution in [1.82, 2.24) is 5.32 Å². The van der Waals surface area contributed by atoms with Gasteiger partial charge in [0.2, 0.25) is 6.10 Å². The van der Waals surface area contributed by atoms with Crippen molar-refractivity contribution in [2.45, 2.75) is 25.5 Å². The molecule has 6 heteroatoms. The van der Waals surface area contributed by atoms with Crippen molar-refractivity contribution in [3.63, 3.8) is 0 Å². The monoisotopic (exact) mass is 402 g/mol. The number of oxime groups is 1. The molecule has 2 unspecified atom stereocenters. The minimum atomic E-state index is -0.609. The predicted molar refractivity (Wildman–Crippen MR) is 99.7 cm³/mol.